The van der Waals surface area contributed by atoms with Gasteiger partial charge in [0.1, 0.15) is 0 Å². The Morgan fingerprint density at radius 1 is 1.07 bits per heavy atom. The van der Waals surface area contributed by atoms with Gasteiger partial charge in [-0.25, -0.2) is 0 Å². The predicted molar refractivity (Wildman–Crippen MR) is 110 cm³/mol. The first-order chi connectivity index (χ1) is 14.1. The molecule has 0 spiro atoms. The third-order valence-corrected chi connectivity index (χ3v) is 5.62. The van der Waals surface area contributed by atoms with Crippen molar-refractivity contribution < 1.29 is 4.52 Å². The van der Waals surface area contributed by atoms with E-state index in [1.165, 1.54) is 21.9 Å². The molecule has 0 radical (unpaired) electrons. The Morgan fingerprint density at radius 3 is 2.69 bits per heavy atom. The van der Waals surface area contributed by atoms with Crippen LogP contribution in [0.25, 0.3) is 28.1 Å². The molecule has 3 aromatic heterocycles. The summed E-state index contributed by atoms with van der Waals surface area (Å²) in [7, 11) is 1.69. The summed E-state index contributed by atoms with van der Waals surface area (Å²) in [6.45, 7) is 2.03. The second-order valence-electron chi connectivity index (χ2n) is 6.67. The Morgan fingerprint density at radius 2 is 1.86 bits per heavy atom. The van der Waals surface area contributed by atoms with Crippen LogP contribution in [-0.4, -0.2) is 29.3 Å². The van der Waals surface area contributed by atoms with E-state index in [4.69, 9.17) is 4.52 Å². The molecule has 9 heteroatoms. The van der Waals surface area contributed by atoms with Crippen LogP contribution in [0.3, 0.4) is 0 Å². The van der Waals surface area contributed by atoms with Crippen molar-refractivity contribution in [1.82, 2.24) is 29.3 Å². The Balaban J connectivity index is 1.48. The number of aryl methyl sites for hydroxylation is 2. The molecule has 2 aromatic carbocycles. The number of rotatable bonds is 4. The van der Waals surface area contributed by atoms with Crippen molar-refractivity contribution in [2.24, 2.45) is 7.05 Å². The standard InChI is InChI=1S/C20H16N6O2S/c1-12-7-9-13(10-8-12)17-21-16(24-28-17)11-29-20-23-22-19-25(2)18(27)14-5-3-4-6-15(14)26(19)20/h3-10H,11H2,1-2H3. The number of hydrogen-bond acceptors (Lipinski definition) is 7. The fourth-order valence-electron chi connectivity index (χ4n) is 3.16. The van der Waals surface area contributed by atoms with Crippen LogP contribution < -0.4 is 5.56 Å². The molecule has 0 aliphatic heterocycles. The maximum atomic E-state index is 12.5. The van der Waals surface area contributed by atoms with Crippen LogP contribution in [-0.2, 0) is 12.8 Å². The molecule has 0 amide bonds. The Hall–Kier alpha value is -3.46. The minimum atomic E-state index is -0.0991. The predicted octanol–water partition coefficient (Wildman–Crippen LogP) is 3.23. The molecule has 0 saturated carbocycles. The molecule has 0 aliphatic rings. The van der Waals surface area contributed by atoms with E-state index in [0.717, 1.165) is 11.1 Å². The Kier molecular flexibility index (Phi) is 4.17. The van der Waals surface area contributed by atoms with Crippen molar-refractivity contribution in [2.45, 2.75) is 17.8 Å². The van der Waals surface area contributed by atoms with Crippen LogP contribution in [0.15, 0.2) is 63.0 Å². The second-order valence-corrected chi connectivity index (χ2v) is 7.61. The van der Waals surface area contributed by atoms with Crippen LogP contribution in [0.5, 0.6) is 0 Å². The number of benzene rings is 2. The summed E-state index contributed by atoms with van der Waals surface area (Å²) in [5.41, 5.74) is 2.72. The van der Waals surface area contributed by atoms with Crippen LogP contribution in [0.2, 0.25) is 0 Å². The van der Waals surface area contributed by atoms with Gasteiger partial charge in [-0.3, -0.25) is 13.8 Å². The van der Waals surface area contributed by atoms with E-state index in [0.29, 0.717) is 33.8 Å². The lowest BCUT2D eigenvalue weighted by Gasteiger charge is -2.06. The van der Waals surface area contributed by atoms with Crippen LogP contribution in [0.1, 0.15) is 11.4 Å². The van der Waals surface area contributed by atoms with Crippen molar-refractivity contribution in [3.05, 3.63) is 70.3 Å². The maximum Gasteiger partial charge on any atom is 0.262 e. The van der Waals surface area contributed by atoms with Gasteiger partial charge in [0.05, 0.1) is 16.7 Å². The highest BCUT2D eigenvalue weighted by molar-refractivity contribution is 7.98. The van der Waals surface area contributed by atoms with Crippen molar-refractivity contribution in [3.63, 3.8) is 0 Å². The summed E-state index contributed by atoms with van der Waals surface area (Å²) in [6, 6.07) is 15.4. The first-order valence-corrected chi connectivity index (χ1v) is 9.95. The fourth-order valence-corrected chi connectivity index (χ4v) is 3.94. The van der Waals surface area contributed by atoms with E-state index in [1.54, 1.807) is 13.1 Å². The molecule has 0 bridgehead atoms. The summed E-state index contributed by atoms with van der Waals surface area (Å²) in [6.07, 6.45) is 0. The quantitative estimate of drug-likeness (QED) is 0.425. The van der Waals surface area contributed by atoms with E-state index in [-0.39, 0.29) is 5.56 Å². The van der Waals surface area contributed by atoms with Gasteiger partial charge in [-0.2, -0.15) is 4.98 Å². The highest BCUT2D eigenvalue weighted by Gasteiger charge is 2.16. The van der Waals surface area contributed by atoms with Crippen molar-refractivity contribution in [2.75, 3.05) is 0 Å². The summed E-state index contributed by atoms with van der Waals surface area (Å²) in [5.74, 6) is 2.01. The number of nitrogens with zero attached hydrogens (tertiary/aromatic N) is 6. The molecule has 3 heterocycles. The molecule has 144 valence electrons. The summed E-state index contributed by atoms with van der Waals surface area (Å²) in [5, 5.41) is 13.8. The summed E-state index contributed by atoms with van der Waals surface area (Å²) in [4.78, 5) is 17.0. The average molecular weight is 404 g/mol. The topological polar surface area (TPSA) is 91.1 Å². The summed E-state index contributed by atoms with van der Waals surface area (Å²) >= 11 is 1.44. The molecule has 0 aliphatic carbocycles. The van der Waals surface area contributed by atoms with E-state index in [9.17, 15) is 4.79 Å². The number of thioether (sulfide) groups is 1. The van der Waals surface area contributed by atoms with Gasteiger partial charge in [0, 0.05) is 12.6 Å². The first-order valence-electron chi connectivity index (χ1n) is 8.97. The molecule has 0 atom stereocenters. The van der Waals surface area contributed by atoms with Crippen LogP contribution in [0, 0.1) is 6.92 Å². The lowest BCUT2D eigenvalue weighted by Crippen LogP contribution is -2.20. The lowest BCUT2D eigenvalue weighted by atomic mass is 10.1. The monoisotopic (exact) mass is 404 g/mol. The minimum Gasteiger partial charge on any atom is -0.334 e. The van der Waals surface area contributed by atoms with E-state index >= 15 is 0 Å². The molecule has 8 nitrogen and oxygen atoms in total. The highest BCUT2D eigenvalue weighted by atomic mass is 32.2. The van der Waals surface area contributed by atoms with E-state index in [1.807, 2.05) is 53.8 Å². The molecule has 0 unspecified atom stereocenters. The molecule has 5 rings (SSSR count). The third-order valence-electron chi connectivity index (χ3n) is 4.69. The van der Waals surface area contributed by atoms with Crippen molar-refractivity contribution >= 4 is 28.4 Å². The zero-order chi connectivity index (χ0) is 20.0. The van der Waals surface area contributed by atoms with E-state index < -0.39 is 0 Å². The van der Waals surface area contributed by atoms with Gasteiger partial charge in [-0.05, 0) is 31.2 Å². The normalized spacial score (nSPS) is 11.5. The zero-order valence-electron chi connectivity index (χ0n) is 15.7. The first kappa shape index (κ1) is 17.6. The number of fused-ring (bicyclic) bond motifs is 3. The molecule has 0 saturated heterocycles. The van der Waals surface area contributed by atoms with Gasteiger partial charge in [0.25, 0.3) is 11.4 Å². The van der Waals surface area contributed by atoms with E-state index in [2.05, 4.69) is 20.3 Å². The molecule has 5 aromatic rings. The number of aromatic nitrogens is 6. The van der Waals surface area contributed by atoms with Crippen molar-refractivity contribution in [1.29, 1.82) is 0 Å². The van der Waals surface area contributed by atoms with Crippen LogP contribution >= 0.6 is 11.8 Å². The fraction of sp³-hybridized carbons (Fsp3) is 0.150. The van der Waals surface area contributed by atoms with Gasteiger partial charge in [0.15, 0.2) is 11.0 Å². The average Bonchev–Trinajstić information content (AvgIpc) is 3.38. The SMILES string of the molecule is Cc1ccc(-c2nc(CSc3nnc4n(C)c(=O)c5ccccc5n34)no2)cc1. The molecular formula is C20H16N6O2S. The van der Waals surface area contributed by atoms with Gasteiger partial charge in [-0.1, -0.05) is 46.7 Å². The zero-order valence-corrected chi connectivity index (χ0v) is 16.6. The van der Waals surface area contributed by atoms with Crippen molar-refractivity contribution in [3.8, 4) is 11.5 Å². The van der Waals surface area contributed by atoms with Gasteiger partial charge in [0.2, 0.25) is 5.78 Å². The maximum absolute atomic E-state index is 12.5. The number of para-hydroxylation sites is 1. The lowest BCUT2D eigenvalue weighted by molar-refractivity contribution is 0.425. The second kappa shape index (κ2) is 6.85. The smallest absolute Gasteiger partial charge is 0.262 e. The number of hydrogen-bond donors (Lipinski definition) is 0. The van der Waals surface area contributed by atoms with Gasteiger partial charge >= 0.3 is 0 Å². The Labute approximate surface area is 169 Å². The van der Waals surface area contributed by atoms with Crippen LogP contribution in [0.4, 0.5) is 0 Å². The minimum absolute atomic E-state index is 0.0991. The Bertz CT molecular complexity index is 1400. The summed E-state index contributed by atoms with van der Waals surface area (Å²) < 4.78 is 8.77. The van der Waals surface area contributed by atoms with Gasteiger partial charge < -0.3 is 4.52 Å². The molecular weight excluding hydrogens is 388 g/mol. The highest BCUT2D eigenvalue weighted by Crippen LogP contribution is 2.25. The molecule has 29 heavy (non-hydrogen) atoms. The third kappa shape index (κ3) is 2.99. The molecule has 0 N–H and O–H groups in total. The van der Waals surface area contributed by atoms with Gasteiger partial charge in [-0.15, -0.1) is 10.2 Å². The molecule has 0 fully saturated rings. The largest absolute Gasteiger partial charge is 0.334 e.